The summed E-state index contributed by atoms with van der Waals surface area (Å²) in [6.07, 6.45) is 1.18. The van der Waals surface area contributed by atoms with Crippen molar-refractivity contribution in [2.45, 2.75) is 53.1 Å². The number of aromatic nitrogens is 1. The van der Waals surface area contributed by atoms with Gasteiger partial charge in [-0.05, 0) is 26.2 Å². The molecule has 1 atom stereocenters. The second-order valence-electron chi connectivity index (χ2n) is 5.54. The van der Waals surface area contributed by atoms with Crippen LogP contribution in [0.1, 0.15) is 37.3 Å². The van der Waals surface area contributed by atoms with E-state index in [1.54, 1.807) is 4.57 Å². The Morgan fingerprint density at radius 1 is 1.40 bits per heavy atom. The normalized spacial score (nSPS) is 12.7. The number of hydrogen-bond donors (Lipinski definition) is 2. The van der Waals surface area contributed by atoms with E-state index in [0.29, 0.717) is 25.4 Å². The Kier molecular flexibility index (Phi) is 6.42. The molecule has 0 fully saturated rings. The standard InChI is InChI=1S/C14H25N3O2S/c1-9(2)7-12(8-15)16-13(18)5-6-17-10(3)11(4)20-14(17)19/h9,12H,5-8,15H2,1-4H3,(H,16,18). The molecule has 1 amide bonds. The molecule has 5 nitrogen and oxygen atoms in total. The average Bonchev–Trinajstić information content (AvgIpc) is 2.60. The summed E-state index contributed by atoms with van der Waals surface area (Å²) in [5, 5.41) is 2.94. The first-order chi connectivity index (χ1) is 9.35. The van der Waals surface area contributed by atoms with E-state index in [2.05, 4.69) is 19.2 Å². The Hall–Kier alpha value is -1.14. The lowest BCUT2D eigenvalue weighted by Gasteiger charge is -2.18. The minimum atomic E-state index is -0.0451. The van der Waals surface area contributed by atoms with Crippen LogP contribution in [0.4, 0.5) is 0 Å². The number of nitrogens with zero attached hydrogens (tertiary/aromatic N) is 1. The molecule has 20 heavy (non-hydrogen) atoms. The van der Waals surface area contributed by atoms with Gasteiger partial charge in [0.25, 0.3) is 0 Å². The zero-order chi connectivity index (χ0) is 15.3. The van der Waals surface area contributed by atoms with Crippen molar-refractivity contribution in [3.8, 4) is 0 Å². The van der Waals surface area contributed by atoms with Crippen LogP contribution < -0.4 is 15.9 Å². The maximum atomic E-state index is 11.9. The van der Waals surface area contributed by atoms with Crippen LogP contribution in [0.3, 0.4) is 0 Å². The minimum absolute atomic E-state index is 0.00496. The molecule has 0 spiro atoms. The van der Waals surface area contributed by atoms with Gasteiger partial charge in [0.2, 0.25) is 5.91 Å². The van der Waals surface area contributed by atoms with Gasteiger partial charge in [-0.1, -0.05) is 25.2 Å². The van der Waals surface area contributed by atoms with E-state index in [-0.39, 0.29) is 16.8 Å². The Labute approximate surface area is 124 Å². The van der Waals surface area contributed by atoms with Crippen molar-refractivity contribution in [3.05, 3.63) is 20.2 Å². The average molecular weight is 299 g/mol. The van der Waals surface area contributed by atoms with Gasteiger partial charge in [0, 0.05) is 36.1 Å². The summed E-state index contributed by atoms with van der Waals surface area (Å²) in [5.41, 5.74) is 6.61. The smallest absolute Gasteiger partial charge is 0.307 e. The van der Waals surface area contributed by atoms with E-state index in [4.69, 9.17) is 5.73 Å². The van der Waals surface area contributed by atoms with Gasteiger partial charge in [0.1, 0.15) is 0 Å². The van der Waals surface area contributed by atoms with Crippen LogP contribution in [-0.2, 0) is 11.3 Å². The highest BCUT2D eigenvalue weighted by molar-refractivity contribution is 7.09. The van der Waals surface area contributed by atoms with Crippen LogP contribution in [-0.4, -0.2) is 23.1 Å². The number of nitrogens with two attached hydrogens (primary N) is 1. The first-order valence-corrected chi connectivity index (χ1v) is 7.83. The van der Waals surface area contributed by atoms with E-state index in [9.17, 15) is 9.59 Å². The van der Waals surface area contributed by atoms with Crippen molar-refractivity contribution >= 4 is 17.2 Å². The van der Waals surface area contributed by atoms with E-state index in [0.717, 1.165) is 17.0 Å². The van der Waals surface area contributed by atoms with Gasteiger partial charge >= 0.3 is 4.87 Å². The molecule has 0 aliphatic heterocycles. The molecule has 6 heteroatoms. The zero-order valence-corrected chi connectivity index (χ0v) is 13.5. The van der Waals surface area contributed by atoms with Crippen molar-refractivity contribution in [1.82, 2.24) is 9.88 Å². The number of thiazole rings is 1. The molecule has 0 aliphatic carbocycles. The van der Waals surface area contributed by atoms with Crippen molar-refractivity contribution in [2.24, 2.45) is 11.7 Å². The van der Waals surface area contributed by atoms with Crippen LogP contribution in [0.2, 0.25) is 0 Å². The number of rotatable bonds is 7. The lowest BCUT2D eigenvalue weighted by molar-refractivity contribution is -0.122. The molecule has 0 saturated carbocycles. The highest BCUT2D eigenvalue weighted by Crippen LogP contribution is 2.10. The minimum Gasteiger partial charge on any atom is -0.352 e. The Bertz CT molecular complexity index is 505. The highest BCUT2D eigenvalue weighted by atomic mass is 32.1. The predicted molar refractivity (Wildman–Crippen MR) is 83.1 cm³/mol. The summed E-state index contributed by atoms with van der Waals surface area (Å²) in [6.45, 7) is 8.91. The fourth-order valence-electron chi connectivity index (χ4n) is 2.14. The van der Waals surface area contributed by atoms with Gasteiger partial charge in [-0.2, -0.15) is 0 Å². The van der Waals surface area contributed by atoms with Gasteiger partial charge < -0.3 is 15.6 Å². The maximum absolute atomic E-state index is 11.9. The second-order valence-corrected chi connectivity index (χ2v) is 6.71. The number of carbonyl (C=O) groups is 1. The molecule has 114 valence electrons. The molecule has 0 bridgehead atoms. The lowest BCUT2D eigenvalue weighted by atomic mass is 10.0. The van der Waals surface area contributed by atoms with E-state index < -0.39 is 0 Å². The molecule has 3 N–H and O–H groups in total. The van der Waals surface area contributed by atoms with Gasteiger partial charge in [-0.15, -0.1) is 0 Å². The molecule has 0 aliphatic rings. The SMILES string of the molecule is Cc1sc(=O)n(CCC(=O)NC(CN)CC(C)C)c1C. The molecule has 0 aromatic carbocycles. The van der Waals surface area contributed by atoms with E-state index >= 15 is 0 Å². The predicted octanol–water partition coefficient (Wildman–Crippen LogP) is 1.41. The molecular formula is C14H25N3O2S. The first kappa shape index (κ1) is 16.9. The van der Waals surface area contributed by atoms with E-state index in [1.165, 1.54) is 11.3 Å². The van der Waals surface area contributed by atoms with Crippen LogP contribution in [0.25, 0.3) is 0 Å². The van der Waals surface area contributed by atoms with Crippen LogP contribution in [0, 0.1) is 19.8 Å². The summed E-state index contributed by atoms with van der Waals surface area (Å²) in [7, 11) is 0. The number of nitrogens with one attached hydrogen (secondary N) is 1. The third kappa shape index (κ3) is 4.76. The van der Waals surface area contributed by atoms with Gasteiger partial charge in [-0.25, -0.2) is 0 Å². The molecule has 0 radical (unpaired) electrons. The van der Waals surface area contributed by atoms with Crippen LogP contribution in [0.5, 0.6) is 0 Å². The third-order valence-corrected chi connectivity index (χ3v) is 4.34. The number of carbonyl (C=O) groups excluding carboxylic acids is 1. The third-order valence-electron chi connectivity index (χ3n) is 3.34. The molecule has 0 saturated heterocycles. The van der Waals surface area contributed by atoms with Gasteiger partial charge in [0.15, 0.2) is 0 Å². The summed E-state index contributed by atoms with van der Waals surface area (Å²) >= 11 is 1.23. The largest absolute Gasteiger partial charge is 0.352 e. The summed E-state index contributed by atoms with van der Waals surface area (Å²) in [6, 6.07) is 0.0181. The van der Waals surface area contributed by atoms with Crippen molar-refractivity contribution in [1.29, 1.82) is 0 Å². The van der Waals surface area contributed by atoms with Gasteiger partial charge in [-0.3, -0.25) is 9.59 Å². The maximum Gasteiger partial charge on any atom is 0.307 e. The van der Waals surface area contributed by atoms with Crippen LogP contribution >= 0.6 is 11.3 Å². The fraction of sp³-hybridized carbons (Fsp3) is 0.714. The van der Waals surface area contributed by atoms with Crippen molar-refractivity contribution in [2.75, 3.05) is 6.54 Å². The summed E-state index contributed by atoms with van der Waals surface area (Å²) in [4.78, 5) is 24.7. The Morgan fingerprint density at radius 3 is 2.50 bits per heavy atom. The first-order valence-electron chi connectivity index (χ1n) is 7.01. The lowest BCUT2D eigenvalue weighted by Crippen LogP contribution is -2.41. The number of hydrogen-bond acceptors (Lipinski definition) is 4. The molecule has 1 aromatic heterocycles. The van der Waals surface area contributed by atoms with Crippen LogP contribution in [0.15, 0.2) is 4.79 Å². The Balaban J connectivity index is 2.53. The fourth-order valence-corrected chi connectivity index (χ4v) is 3.00. The topological polar surface area (TPSA) is 77.1 Å². The monoisotopic (exact) mass is 299 g/mol. The number of amides is 1. The second kappa shape index (κ2) is 7.59. The molecule has 1 aromatic rings. The van der Waals surface area contributed by atoms with E-state index in [1.807, 2.05) is 13.8 Å². The summed E-state index contributed by atoms with van der Waals surface area (Å²) < 4.78 is 1.67. The molecule has 1 unspecified atom stereocenters. The summed E-state index contributed by atoms with van der Waals surface area (Å²) in [5.74, 6) is 0.449. The molecular weight excluding hydrogens is 274 g/mol. The molecule has 1 rings (SSSR count). The number of aryl methyl sites for hydroxylation is 1. The van der Waals surface area contributed by atoms with Gasteiger partial charge in [0.05, 0.1) is 0 Å². The van der Waals surface area contributed by atoms with Crippen molar-refractivity contribution in [3.63, 3.8) is 0 Å². The highest BCUT2D eigenvalue weighted by Gasteiger charge is 2.14. The van der Waals surface area contributed by atoms with Crippen molar-refractivity contribution < 1.29 is 4.79 Å². The molecule has 1 heterocycles. The Morgan fingerprint density at radius 2 is 2.05 bits per heavy atom. The zero-order valence-electron chi connectivity index (χ0n) is 12.7. The quantitative estimate of drug-likeness (QED) is 0.799.